The van der Waals surface area contributed by atoms with Gasteiger partial charge in [-0.05, 0) is 68.3 Å². The first-order chi connectivity index (χ1) is 16.2. The van der Waals surface area contributed by atoms with Gasteiger partial charge >= 0.3 is 12.0 Å². The van der Waals surface area contributed by atoms with E-state index in [-0.39, 0.29) is 17.8 Å². The molecule has 2 heterocycles. The first-order valence-electron chi connectivity index (χ1n) is 10.7. The number of carbonyl (C=O) groups excluding carboxylic acids is 3. The summed E-state index contributed by atoms with van der Waals surface area (Å²) in [6.07, 6.45) is 1.62. The number of hydrogen-bond acceptors (Lipinski definition) is 4. The Kier molecular flexibility index (Phi) is 6.06. The summed E-state index contributed by atoms with van der Waals surface area (Å²) >= 11 is 0. The molecule has 7 nitrogen and oxygen atoms in total. The predicted octanol–water partition coefficient (Wildman–Crippen LogP) is 4.42. The fourth-order valence-corrected chi connectivity index (χ4v) is 4.12. The number of esters is 1. The van der Waals surface area contributed by atoms with Gasteiger partial charge in [-0.2, -0.15) is 0 Å². The van der Waals surface area contributed by atoms with Gasteiger partial charge in [-0.15, -0.1) is 0 Å². The maximum Gasteiger partial charge on any atom is 0.337 e. The maximum atomic E-state index is 14.0. The summed E-state index contributed by atoms with van der Waals surface area (Å²) in [6.45, 7) is 5.59. The number of benzene rings is 2. The van der Waals surface area contributed by atoms with Crippen LogP contribution in [0.1, 0.15) is 38.4 Å². The van der Waals surface area contributed by atoms with Crippen LogP contribution in [0.3, 0.4) is 0 Å². The second-order valence-corrected chi connectivity index (χ2v) is 8.13. The summed E-state index contributed by atoms with van der Waals surface area (Å²) in [5, 5.41) is 2.59. The molecule has 1 N–H and O–H groups in total. The highest BCUT2D eigenvalue weighted by atomic mass is 19.1. The molecule has 0 bridgehead atoms. The second-order valence-electron chi connectivity index (χ2n) is 8.13. The highest BCUT2D eigenvalue weighted by Gasteiger charge is 2.34. The third-order valence-corrected chi connectivity index (χ3v) is 5.88. The van der Waals surface area contributed by atoms with Crippen LogP contribution in [0.4, 0.5) is 9.18 Å². The van der Waals surface area contributed by atoms with Gasteiger partial charge in [0.05, 0.1) is 19.2 Å². The van der Waals surface area contributed by atoms with Crippen molar-refractivity contribution in [2.45, 2.75) is 27.3 Å². The van der Waals surface area contributed by atoms with Crippen LogP contribution in [-0.4, -0.2) is 34.5 Å². The van der Waals surface area contributed by atoms with Gasteiger partial charge in [0, 0.05) is 22.6 Å². The van der Waals surface area contributed by atoms with E-state index in [1.165, 1.54) is 13.2 Å². The van der Waals surface area contributed by atoms with Crippen molar-refractivity contribution in [1.82, 2.24) is 14.8 Å². The number of hydrogen-bond donors (Lipinski definition) is 1. The zero-order valence-corrected chi connectivity index (χ0v) is 19.3. The highest BCUT2D eigenvalue weighted by Crippen LogP contribution is 2.27. The second kappa shape index (κ2) is 8.97. The molecule has 0 radical (unpaired) electrons. The zero-order chi connectivity index (χ0) is 24.6. The molecule has 1 aliphatic heterocycles. The van der Waals surface area contributed by atoms with Gasteiger partial charge < -0.3 is 14.6 Å². The number of aromatic nitrogens is 1. The molecule has 0 unspecified atom stereocenters. The number of carbonyl (C=O) groups is 3. The minimum atomic E-state index is -0.595. The van der Waals surface area contributed by atoms with Crippen LogP contribution in [-0.2, 0) is 16.1 Å². The van der Waals surface area contributed by atoms with Gasteiger partial charge in [-0.3, -0.25) is 9.69 Å². The number of aryl methyl sites for hydroxylation is 2. The lowest BCUT2D eigenvalue weighted by Crippen LogP contribution is -2.30. The number of nitrogens with one attached hydrogen (secondary N) is 1. The molecule has 1 fully saturated rings. The summed E-state index contributed by atoms with van der Waals surface area (Å²) in [6, 6.07) is 12.7. The first-order valence-corrected chi connectivity index (χ1v) is 10.7. The summed E-state index contributed by atoms with van der Waals surface area (Å²) in [5.74, 6) is -1.40. The normalized spacial score (nSPS) is 14.6. The number of rotatable bonds is 5. The molecule has 2 aromatic carbocycles. The molecule has 34 heavy (non-hydrogen) atoms. The van der Waals surface area contributed by atoms with E-state index in [0.717, 1.165) is 33.1 Å². The van der Waals surface area contributed by atoms with E-state index in [9.17, 15) is 18.8 Å². The van der Waals surface area contributed by atoms with Crippen molar-refractivity contribution in [3.8, 4) is 5.69 Å². The smallest absolute Gasteiger partial charge is 0.337 e. The van der Waals surface area contributed by atoms with Gasteiger partial charge in [-0.25, -0.2) is 14.0 Å². The quantitative estimate of drug-likeness (QED) is 0.347. The van der Waals surface area contributed by atoms with E-state index in [4.69, 9.17) is 4.74 Å². The van der Waals surface area contributed by atoms with Crippen LogP contribution < -0.4 is 5.32 Å². The summed E-state index contributed by atoms with van der Waals surface area (Å²) < 4.78 is 20.8. The fraction of sp³-hybridized carbons (Fsp3) is 0.192. The third-order valence-electron chi connectivity index (χ3n) is 5.88. The van der Waals surface area contributed by atoms with E-state index < -0.39 is 23.7 Å². The van der Waals surface area contributed by atoms with Crippen LogP contribution in [0.2, 0.25) is 0 Å². The van der Waals surface area contributed by atoms with Crippen LogP contribution in [0, 0.1) is 26.6 Å². The molecule has 3 aromatic rings. The Morgan fingerprint density at radius 2 is 1.82 bits per heavy atom. The number of methoxy groups -OCH3 is 1. The van der Waals surface area contributed by atoms with E-state index in [0.29, 0.717) is 5.56 Å². The molecule has 3 amide bonds. The molecule has 1 saturated heterocycles. The van der Waals surface area contributed by atoms with Crippen molar-refractivity contribution in [1.29, 1.82) is 0 Å². The van der Waals surface area contributed by atoms with E-state index in [1.54, 1.807) is 36.4 Å². The first kappa shape index (κ1) is 23.0. The number of imide groups is 1. The summed E-state index contributed by atoms with van der Waals surface area (Å²) in [5.41, 5.74) is 5.14. The van der Waals surface area contributed by atoms with E-state index >= 15 is 0 Å². The molecule has 0 spiro atoms. The third kappa shape index (κ3) is 4.10. The van der Waals surface area contributed by atoms with E-state index in [2.05, 4.69) is 5.32 Å². The van der Waals surface area contributed by atoms with Gasteiger partial charge in [-0.1, -0.05) is 18.2 Å². The molecule has 0 atom stereocenters. The fourth-order valence-electron chi connectivity index (χ4n) is 4.12. The molecule has 8 heteroatoms. The Bertz CT molecular complexity index is 1360. The molecule has 174 valence electrons. The van der Waals surface area contributed by atoms with Crippen molar-refractivity contribution in [2.75, 3.05) is 7.11 Å². The van der Waals surface area contributed by atoms with Crippen LogP contribution in [0.25, 0.3) is 11.8 Å². The molecule has 4 rings (SSSR count). The number of urea groups is 1. The Morgan fingerprint density at radius 1 is 1.09 bits per heavy atom. The molecular formula is C26H24FN3O4. The number of nitrogens with zero attached hydrogens (tertiary/aromatic N) is 2. The Labute approximate surface area is 196 Å². The Hall–Kier alpha value is -4.20. The maximum absolute atomic E-state index is 14.0. The minimum Gasteiger partial charge on any atom is -0.465 e. The standard InChI is InChI=1S/C26H24FN3O4/c1-15-11-18(25(32)34-4)9-10-23(15)30-16(2)12-20(17(30)3)13-22-24(31)29(26(33)28-22)14-19-7-5-6-8-21(19)27/h5-13H,14H2,1-4H3,(H,28,33)/b22-13+. The predicted molar refractivity (Wildman–Crippen MR) is 125 cm³/mol. The lowest BCUT2D eigenvalue weighted by Gasteiger charge is -2.14. The van der Waals surface area contributed by atoms with Crippen molar-refractivity contribution in [2.24, 2.45) is 0 Å². The number of ether oxygens (including phenoxy) is 1. The van der Waals surface area contributed by atoms with Crippen molar-refractivity contribution in [3.05, 3.63) is 93.7 Å². The van der Waals surface area contributed by atoms with Crippen LogP contribution in [0.15, 0.2) is 54.2 Å². The monoisotopic (exact) mass is 461 g/mol. The lowest BCUT2D eigenvalue weighted by atomic mass is 10.1. The van der Waals surface area contributed by atoms with Crippen molar-refractivity contribution in [3.63, 3.8) is 0 Å². The lowest BCUT2D eigenvalue weighted by molar-refractivity contribution is -0.123. The van der Waals surface area contributed by atoms with Crippen molar-refractivity contribution >= 4 is 24.0 Å². The molecule has 1 aliphatic rings. The molecule has 0 aliphatic carbocycles. The molecule has 1 aromatic heterocycles. The minimum absolute atomic E-state index is 0.124. The summed E-state index contributed by atoms with van der Waals surface area (Å²) in [4.78, 5) is 38.1. The molecule has 0 saturated carbocycles. The van der Waals surface area contributed by atoms with Crippen molar-refractivity contribution < 1.29 is 23.5 Å². The average Bonchev–Trinajstić information content (AvgIpc) is 3.23. The van der Waals surface area contributed by atoms with Gasteiger partial charge in [0.2, 0.25) is 0 Å². The topological polar surface area (TPSA) is 80.6 Å². The zero-order valence-electron chi connectivity index (χ0n) is 19.3. The number of halogens is 1. The number of amides is 3. The Morgan fingerprint density at radius 3 is 2.50 bits per heavy atom. The SMILES string of the molecule is COC(=O)c1ccc(-n2c(C)cc(/C=C3/NC(=O)N(Cc4ccccc4F)C3=O)c2C)c(C)c1. The van der Waals surface area contributed by atoms with Crippen LogP contribution in [0.5, 0.6) is 0 Å². The van der Waals surface area contributed by atoms with Gasteiger partial charge in [0.25, 0.3) is 5.91 Å². The highest BCUT2D eigenvalue weighted by molar-refractivity contribution is 6.14. The largest absolute Gasteiger partial charge is 0.465 e. The van der Waals surface area contributed by atoms with Crippen LogP contribution >= 0.6 is 0 Å². The summed E-state index contributed by atoms with van der Waals surface area (Å²) in [7, 11) is 1.34. The Balaban J connectivity index is 1.64. The van der Waals surface area contributed by atoms with Gasteiger partial charge in [0.15, 0.2) is 0 Å². The van der Waals surface area contributed by atoms with E-state index in [1.807, 2.05) is 37.5 Å². The molecular weight excluding hydrogens is 437 g/mol. The average molecular weight is 461 g/mol. The van der Waals surface area contributed by atoms with Gasteiger partial charge in [0.1, 0.15) is 11.5 Å².